The van der Waals surface area contributed by atoms with Crippen molar-refractivity contribution in [2.45, 2.75) is 59.2 Å². The third kappa shape index (κ3) is 5.81. The van der Waals surface area contributed by atoms with Gasteiger partial charge in [0.15, 0.2) is 5.96 Å². The van der Waals surface area contributed by atoms with Crippen LogP contribution in [-0.2, 0) is 26.1 Å². The van der Waals surface area contributed by atoms with E-state index in [1.54, 1.807) is 16.0 Å². The Balaban J connectivity index is 0.00000261. The molecule has 150 valence electrons. The summed E-state index contributed by atoms with van der Waals surface area (Å²) in [6, 6.07) is 2.12. The number of aryl methyl sites for hydroxylation is 3. The number of hydrogen-bond acceptors (Lipinski definition) is 4. The van der Waals surface area contributed by atoms with Gasteiger partial charge in [-0.2, -0.15) is 5.10 Å². The first-order valence-corrected chi connectivity index (χ1v) is 10.3. The molecule has 0 aromatic carbocycles. The van der Waals surface area contributed by atoms with Gasteiger partial charge in [-0.05, 0) is 50.1 Å². The molecule has 0 bridgehead atoms. The normalized spacial score (nSPS) is 13.8. The quantitative estimate of drug-likeness (QED) is 0.263. The molecule has 0 saturated heterocycles. The van der Waals surface area contributed by atoms with Crippen molar-refractivity contribution in [2.24, 2.45) is 4.99 Å². The van der Waals surface area contributed by atoms with E-state index in [4.69, 9.17) is 0 Å². The number of thiophene rings is 1. The molecule has 3 heterocycles. The second-order valence-electron chi connectivity index (χ2n) is 6.53. The number of nitrogens with one attached hydrogen (secondary N) is 2. The molecule has 2 N–H and O–H groups in total. The Morgan fingerprint density at radius 1 is 1.37 bits per heavy atom. The Morgan fingerprint density at radius 2 is 2.22 bits per heavy atom. The monoisotopic (exact) mass is 504 g/mol. The molecule has 9 heteroatoms. The summed E-state index contributed by atoms with van der Waals surface area (Å²) in [6.07, 6.45) is 3.95. The Labute approximate surface area is 181 Å². The van der Waals surface area contributed by atoms with Gasteiger partial charge >= 0.3 is 5.69 Å². The first-order chi connectivity index (χ1) is 12.7. The van der Waals surface area contributed by atoms with Gasteiger partial charge in [0.1, 0.15) is 5.82 Å². The number of guanidine groups is 1. The molecule has 0 spiro atoms. The fourth-order valence-electron chi connectivity index (χ4n) is 3.09. The minimum absolute atomic E-state index is 0. The molecule has 2 aromatic rings. The Morgan fingerprint density at radius 3 is 2.93 bits per heavy atom. The lowest BCUT2D eigenvalue weighted by atomic mass is 10.2. The van der Waals surface area contributed by atoms with Crippen LogP contribution in [0.4, 0.5) is 0 Å². The lowest BCUT2D eigenvalue weighted by Crippen LogP contribution is -2.38. The number of halogens is 1. The summed E-state index contributed by atoms with van der Waals surface area (Å²) in [5, 5.41) is 13.2. The van der Waals surface area contributed by atoms with Crippen LogP contribution >= 0.6 is 35.3 Å². The molecule has 0 atom stereocenters. The highest BCUT2D eigenvalue weighted by Crippen LogP contribution is 2.16. The van der Waals surface area contributed by atoms with Gasteiger partial charge in [-0.3, -0.25) is 4.57 Å². The van der Waals surface area contributed by atoms with Gasteiger partial charge in [0.2, 0.25) is 0 Å². The van der Waals surface area contributed by atoms with E-state index in [9.17, 15) is 4.79 Å². The minimum atomic E-state index is 0. The topological polar surface area (TPSA) is 76.2 Å². The molecular formula is C18H29IN6OS. The van der Waals surface area contributed by atoms with Crippen LogP contribution in [0.25, 0.3) is 0 Å². The van der Waals surface area contributed by atoms with Crippen LogP contribution in [0.5, 0.6) is 0 Å². The van der Waals surface area contributed by atoms with Crippen LogP contribution in [0.15, 0.2) is 21.2 Å². The molecule has 0 aliphatic carbocycles. The van der Waals surface area contributed by atoms with Crippen molar-refractivity contribution >= 4 is 41.3 Å². The zero-order valence-corrected chi connectivity index (χ0v) is 19.2. The SMILES string of the molecule is CCNC(=NCc1sccc1C)NCCCn1nc2n(c1=O)CCCC2.I. The molecule has 0 unspecified atom stereocenters. The van der Waals surface area contributed by atoms with Crippen LogP contribution in [-0.4, -0.2) is 33.4 Å². The zero-order valence-electron chi connectivity index (χ0n) is 16.0. The van der Waals surface area contributed by atoms with E-state index < -0.39 is 0 Å². The maximum absolute atomic E-state index is 12.3. The zero-order chi connectivity index (χ0) is 18.4. The summed E-state index contributed by atoms with van der Waals surface area (Å²) >= 11 is 1.74. The van der Waals surface area contributed by atoms with Crippen LogP contribution in [0.1, 0.15) is 42.5 Å². The van der Waals surface area contributed by atoms with E-state index in [0.29, 0.717) is 13.1 Å². The Kier molecular flexibility index (Phi) is 8.81. The first-order valence-electron chi connectivity index (χ1n) is 9.40. The predicted molar refractivity (Wildman–Crippen MR) is 121 cm³/mol. The third-order valence-electron chi connectivity index (χ3n) is 4.56. The van der Waals surface area contributed by atoms with Gasteiger partial charge in [0.05, 0.1) is 6.54 Å². The maximum atomic E-state index is 12.3. The summed E-state index contributed by atoms with van der Waals surface area (Å²) in [5.74, 6) is 1.76. The molecule has 7 nitrogen and oxygen atoms in total. The van der Waals surface area contributed by atoms with E-state index >= 15 is 0 Å². The van der Waals surface area contributed by atoms with E-state index in [-0.39, 0.29) is 29.7 Å². The van der Waals surface area contributed by atoms with Gasteiger partial charge in [0, 0.05) is 37.5 Å². The number of aromatic nitrogens is 3. The maximum Gasteiger partial charge on any atom is 0.345 e. The summed E-state index contributed by atoms with van der Waals surface area (Å²) in [4.78, 5) is 18.3. The number of nitrogens with zero attached hydrogens (tertiary/aromatic N) is 4. The minimum Gasteiger partial charge on any atom is -0.357 e. The van der Waals surface area contributed by atoms with Gasteiger partial charge in [-0.25, -0.2) is 14.5 Å². The van der Waals surface area contributed by atoms with Crippen LogP contribution < -0.4 is 16.3 Å². The second-order valence-corrected chi connectivity index (χ2v) is 7.53. The molecule has 0 radical (unpaired) electrons. The lowest BCUT2D eigenvalue weighted by Gasteiger charge is -2.11. The molecule has 0 saturated carbocycles. The average molecular weight is 504 g/mol. The van der Waals surface area contributed by atoms with Crippen molar-refractivity contribution in [3.8, 4) is 0 Å². The van der Waals surface area contributed by atoms with Crippen LogP contribution in [0, 0.1) is 6.92 Å². The average Bonchev–Trinajstić information content (AvgIpc) is 3.20. The molecular weight excluding hydrogens is 475 g/mol. The third-order valence-corrected chi connectivity index (χ3v) is 5.57. The van der Waals surface area contributed by atoms with Crippen LogP contribution in [0.3, 0.4) is 0 Å². The van der Waals surface area contributed by atoms with E-state index in [1.165, 1.54) is 10.4 Å². The molecule has 1 aliphatic heterocycles. The van der Waals surface area contributed by atoms with E-state index in [2.05, 4.69) is 46.0 Å². The second kappa shape index (κ2) is 10.8. The van der Waals surface area contributed by atoms with Crippen molar-refractivity contribution in [1.82, 2.24) is 25.0 Å². The van der Waals surface area contributed by atoms with Crippen molar-refractivity contribution in [3.63, 3.8) is 0 Å². The van der Waals surface area contributed by atoms with E-state index in [0.717, 1.165) is 57.1 Å². The van der Waals surface area contributed by atoms with Crippen molar-refractivity contribution in [3.05, 3.63) is 38.2 Å². The highest BCUT2D eigenvalue weighted by Gasteiger charge is 2.16. The predicted octanol–water partition coefficient (Wildman–Crippen LogP) is 2.51. The first kappa shape index (κ1) is 21.9. The molecule has 0 fully saturated rings. The van der Waals surface area contributed by atoms with Gasteiger partial charge in [0.25, 0.3) is 0 Å². The number of aliphatic imine (C=N–C) groups is 1. The van der Waals surface area contributed by atoms with Gasteiger partial charge < -0.3 is 10.6 Å². The van der Waals surface area contributed by atoms with Crippen molar-refractivity contribution < 1.29 is 0 Å². The Hall–Kier alpha value is -1.36. The largest absolute Gasteiger partial charge is 0.357 e. The number of hydrogen-bond donors (Lipinski definition) is 2. The fraction of sp³-hybridized carbons (Fsp3) is 0.611. The van der Waals surface area contributed by atoms with E-state index in [1.807, 2.05) is 4.57 Å². The fourth-order valence-corrected chi connectivity index (χ4v) is 3.92. The molecule has 1 aliphatic rings. The molecule has 3 rings (SSSR count). The molecule has 0 amide bonds. The highest BCUT2D eigenvalue weighted by molar-refractivity contribution is 14.0. The van der Waals surface area contributed by atoms with Crippen molar-refractivity contribution in [2.75, 3.05) is 13.1 Å². The highest BCUT2D eigenvalue weighted by atomic mass is 127. The lowest BCUT2D eigenvalue weighted by molar-refractivity contribution is 0.509. The van der Waals surface area contributed by atoms with Crippen LogP contribution in [0.2, 0.25) is 0 Å². The number of rotatable bonds is 7. The summed E-state index contributed by atoms with van der Waals surface area (Å²) < 4.78 is 3.44. The van der Waals surface area contributed by atoms with Gasteiger partial charge in [-0.15, -0.1) is 35.3 Å². The smallest absolute Gasteiger partial charge is 0.345 e. The summed E-state index contributed by atoms with van der Waals surface area (Å²) in [7, 11) is 0. The molecule has 27 heavy (non-hydrogen) atoms. The summed E-state index contributed by atoms with van der Waals surface area (Å²) in [6.45, 7) is 7.88. The van der Waals surface area contributed by atoms with Gasteiger partial charge in [-0.1, -0.05) is 0 Å². The molecule has 2 aromatic heterocycles. The summed E-state index contributed by atoms with van der Waals surface area (Å²) in [5.41, 5.74) is 1.33. The Bertz CT molecular complexity index is 809. The standard InChI is InChI=1S/C18H28N6OS.HI/c1-3-19-17(21-13-15-14(2)8-12-26-15)20-9-6-11-24-18(25)23-10-5-4-7-16(23)22-24;/h8,12H,3-7,9-11,13H2,1-2H3,(H2,19,20,21);1H. The number of fused-ring (bicyclic) bond motifs is 1. The van der Waals surface area contributed by atoms with Crippen molar-refractivity contribution in [1.29, 1.82) is 0 Å².